The van der Waals surface area contributed by atoms with Crippen LogP contribution in [0.25, 0.3) is 0 Å². The molecule has 0 N–H and O–H groups in total. The Morgan fingerprint density at radius 3 is 2.38 bits per heavy atom. The van der Waals surface area contributed by atoms with Gasteiger partial charge in [-0.3, -0.25) is 0 Å². The molecule has 2 nitrogen and oxygen atoms in total. The smallest absolute Gasteiger partial charge is 0.194 e. The van der Waals surface area contributed by atoms with Crippen molar-refractivity contribution in [1.29, 1.82) is 0 Å². The number of benzene rings is 1. The molecule has 84 valence electrons. The van der Waals surface area contributed by atoms with Gasteiger partial charge in [0.15, 0.2) is 5.89 Å². The number of hydrogen-bond donors (Lipinski definition) is 0. The highest BCUT2D eigenvalue weighted by atomic mass is 79.9. The summed E-state index contributed by atoms with van der Waals surface area (Å²) >= 11 is 3.42. The maximum atomic E-state index is 5.54. The molecule has 1 aromatic carbocycles. The van der Waals surface area contributed by atoms with Crippen molar-refractivity contribution in [1.82, 2.24) is 4.98 Å². The molecule has 2 rings (SSSR count). The Labute approximate surface area is 104 Å². The van der Waals surface area contributed by atoms with Crippen LogP contribution in [0.2, 0.25) is 0 Å². The second-order valence-electron chi connectivity index (χ2n) is 3.88. The standard InChI is InChI=1S/C13H14BrNO/c1-9-10(2)16-13(15-9)8-5-11-3-6-12(14)7-4-11/h3-4,6-7H,5,8H2,1-2H3. The van der Waals surface area contributed by atoms with Gasteiger partial charge in [-0.15, -0.1) is 0 Å². The van der Waals surface area contributed by atoms with Crippen LogP contribution in [0.4, 0.5) is 0 Å². The summed E-state index contributed by atoms with van der Waals surface area (Å²) in [7, 11) is 0. The van der Waals surface area contributed by atoms with Crippen LogP contribution in [-0.4, -0.2) is 4.98 Å². The van der Waals surface area contributed by atoms with E-state index in [1.165, 1.54) is 5.56 Å². The van der Waals surface area contributed by atoms with E-state index in [1.807, 2.05) is 13.8 Å². The molecule has 0 aliphatic heterocycles. The van der Waals surface area contributed by atoms with Gasteiger partial charge in [-0.1, -0.05) is 28.1 Å². The second kappa shape index (κ2) is 4.83. The van der Waals surface area contributed by atoms with Crippen molar-refractivity contribution in [3.63, 3.8) is 0 Å². The van der Waals surface area contributed by atoms with E-state index in [9.17, 15) is 0 Å². The lowest BCUT2D eigenvalue weighted by Gasteiger charge is -1.98. The molecule has 0 saturated heterocycles. The molecular weight excluding hydrogens is 266 g/mol. The van der Waals surface area contributed by atoms with Gasteiger partial charge < -0.3 is 4.42 Å². The number of nitrogens with zero attached hydrogens (tertiary/aromatic N) is 1. The Morgan fingerprint density at radius 2 is 1.81 bits per heavy atom. The molecule has 0 unspecified atom stereocenters. The van der Waals surface area contributed by atoms with E-state index in [0.29, 0.717) is 0 Å². The molecule has 0 aliphatic rings. The van der Waals surface area contributed by atoms with E-state index in [2.05, 4.69) is 45.2 Å². The first kappa shape index (κ1) is 11.4. The molecule has 0 radical (unpaired) electrons. The van der Waals surface area contributed by atoms with Gasteiger partial charge in [0, 0.05) is 10.9 Å². The number of rotatable bonds is 3. The van der Waals surface area contributed by atoms with Crippen molar-refractivity contribution in [2.24, 2.45) is 0 Å². The minimum absolute atomic E-state index is 0.831. The minimum Gasteiger partial charge on any atom is -0.446 e. The third-order valence-electron chi connectivity index (χ3n) is 2.61. The third-order valence-corrected chi connectivity index (χ3v) is 3.14. The lowest BCUT2D eigenvalue weighted by molar-refractivity contribution is 0.470. The predicted octanol–water partition coefficient (Wildman–Crippen LogP) is 3.84. The first-order valence-corrected chi connectivity index (χ1v) is 6.12. The van der Waals surface area contributed by atoms with Gasteiger partial charge in [0.05, 0.1) is 5.69 Å². The molecule has 3 heteroatoms. The maximum absolute atomic E-state index is 5.54. The molecular formula is C13H14BrNO. The van der Waals surface area contributed by atoms with Crippen LogP contribution in [0.15, 0.2) is 33.2 Å². The zero-order valence-corrected chi connectivity index (χ0v) is 11.0. The Hall–Kier alpha value is -1.09. The van der Waals surface area contributed by atoms with Gasteiger partial charge >= 0.3 is 0 Å². The second-order valence-corrected chi connectivity index (χ2v) is 4.79. The average Bonchev–Trinajstić information content (AvgIpc) is 2.58. The zero-order chi connectivity index (χ0) is 11.5. The van der Waals surface area contributed by atoms with Crippen LogP contribution in [0.5, 0.6) is 0 Å². The van der Waals surface area contributed by atoms with Crippen LogP contribution in [-0.2, 0) is 12.8 Å². The molecule has 0 spiro atoms. The van der Waals surface area contributed by atoms with E-state index >= 15 is 0 Å². The monoisotopic (exact) mass is 279 g/mol. The van der Waals surface area contributed by atoms with Gasteiger partial charge in [-0.05, 0) is 38.0 Å². The lowest BCUT2D eigenvalue weighted by atomic mass is 10.1. The Bertz CT molecular complexity index is 454. The summed E-state index contributed by atoms with van der Waals surface area (Å²) in [5, 5.41) is 0. The maximum Gasteiger partial charge on any atom is 0.194 e. The molecule has 0 atom stereocenters. The summed E-state index contributed by atoms with van der Waals surface area (Å²) in [6.45, 7) is 3.92. The van der Waals surface area contributed by atoms with Crippen LogP contribution in [0.3, 0.4) is 0 Å². The number of hydrogen-bond acceptors (Lipinski definition) is 2. The molecule has 0 bridgehead atoms. The van der Waals surface area contributed by atoms with Crippen molar-refractivity contribution in [2.75, 3.05) is 0 Å². The molecule has 0 saturated carbocycles. The highest BCUT2D eigenvalue weighted by Crippen LogP contribution is 2.14. The SMILES string of the molecule is Cc1nc(CCc2ccc(Br)cc2)oc1C. The fraction of sp³-hybridized carbons (Fsp3) is 0.308. The molecule has 16 heavy (non-hydrogen) atoms. The van der Waals surface area contributed by atoms with E-state index < -0.39 is 0 Å². The van der Waals surface area contributed by atoms with Gasteiger partial charge in [-0.2, -0.15) is 0 Å². The van der Waals surface area contributed by atoms with E-state index in [4.69, 9.17) is 4.42 Å². The van der Waals surface area contributed by atoms with Crippen LogP contribution < -0.4 is 0 Å². The third kappa shape index (κ3) is 2.73. The summed E-state index contributed by atoms with van der Waals surface area (Å²) < 4.78 is 6.65. The Morgan fingerprint density at radius 1 is 1.12 bits per heavy atom. The molecule has 2 aromatic rings. The fourth-order valence-electron chi connectivity index (χ4n) is 1.55. The quantitative estimate of drug-likeness (QED) is 0.853. The number of aryl methyl sites for hydroxylation is 4. The first-order chi connectivity index (χ1) is 7.65. The lowest BCUT2D eigenvalue weighted by Crippen LogP contribution is -1.91. The van der Waals surface area contributed by atoms with E-state index in [0.717, 1.165) is 34.7 Å². The topological polar surface area (TPSA) is 26.0 Å². The first-order valence-electron chi connectivity index (χ1n) is 5.32. The normalized spacial score (nSPS) is 10.7. The summed E-state index contributed by atoms with van der Waals surface area (Å²) in [5.41, 5.74) is 2.29. The molecule has 0 fully saturated rings. The molecule has 1 heterocycles. The van der Waals surface area contributed by atoms with Gasteiger partial charge in [0.1, 0.15) is 5.76 Å². The Balaban J connectivity index is 1.99. The summed E-state index contributed by atoms with van der Waals surface area (Å²) in [4.78, 5) is 4.37. The largest absolute Gasteiger partial charge is 0.446 e. The number of halogens is 1. The van der Waals surface area contributed by atoms with Crippen molar-refractivity contribution >= 4 is 15.9 Å². The van der Waals surface area contributed by atoms with E-state index in [-0.39, 0.29) is 0 Å². The van der Waals surface area contributed by atoms with Crippen molar-refractivity contribution in [3.8, 4) is 0 Å². The minimum atomic E-state index is 0.831. The van der Waals surface area contributed by atoms with Crippen LogP contribution in [0, 0.1) is 13.8 Å². The summed E-state index contributed by atoms with van der Waals surface area (Å²) in [5.74, 6) is 1.75. The Kier molecular flexibility index (Phi) is 3.44. The summed E-state index contributed by atoms with van der Waals surface area (Å²) in [6.07, 6.45) is 1.82. The van der Waals surface area contributed by atoms with Crippen molar-refractivity contribution in [2.45, 2.75) is 26.7 Å². The predicted molar refractivity (Wildman–Crippen MR) is 67.5 cm³/mol. The molecule has 1 aromatic heterocycles. The average molecular weight is 280 g/mol. The van der Waals surface area contributed by atoms with Crippen molar-refractivity contribution < 1.29 is 4.42 Å². The molecule has 0 aliphatic carbocycles. The van der Waals surface area contributed by atoms with Gasteiger partial charge in [0.25, 0.3) is 0 Å². The van der Waals surface area contributed by atoms with E-state index in [1.54, 1.807) is 0 Å². The fourth-order valence-corrected chi connectivity index (χ4v) is 1.81. The van der Waals surface area contributed by atoms with Gasteiger partial charge in [0.2, 0.25) is 0 Å². The van der Waals surface area contributed by atoms with Crippen LogP contribution in [0.1, 0.15) is 22.9 Å². The van der Waals surface area contributed by atoms with Gasteiger partial charge in [-0.25, -0.2) is 4.98 Å². The van der Waals surface area contributed by atoms with Crippen LogP contribution >= 0.6 is 15.9 Å². The highest BCUT2D eigenvalue weighted by Gasteiger charge is 2.05. The zero-order valence-electron chi connectivity index (χ0n) is 9.46. The summed E-state index contributed by atoms with van der Waals surface area (Å²) in [6, 6.07) is 8.35. The number of aromatic nitrogens is 1. The number of oxazole rings is 1. The van der Waals surface area contributed by atoms with Crippen molar-refractivity contribution in [3.05, 3.63) is 51.6 Å². The highest BCUT2D eigenvalue weighted by molar-refractivity contribution is 9.10. The molecule has 0 amide bonds.